The molecule has 0 radical (unpaired) electrons. The molecule has 4 aromatic carbocycles. The van der Waals surface area contributed by atoms with Crippen LogP contribution in [0.3, 0.4) is 0 Å². The Bertz CT molecular complexity index is 2840. The molecule has 4 amide bonds. The number of alkyl carbamates (subject to hydrolysis) is 1. The van der Waals surface area contributed by atoms with E-state index in [0.29, 0.717) is 34.4 Å². The number of sulfonamides is 1. The van der Waals surface area contributed by atoms with E-state index in [9.17, 15) is 37.5 Å². The molecule has 1 heterocycles. The summed E-state index contributed by atoms with van der Waals surface area (Å²) in [7, 11) is -4.21. The van der Waals surface area contributed by atoms with Gasteiger partial charge in [0.2, 0.25) is 23.7 Å². The number of carboxylic acids is 1. The lowest BCUT2D eigenvalue weighted by Crippen LogP contribution is -2.60. The van der Waals surface area contributed by atoms with Crippen LogP contribution in [0.4, 0.5) is 4.79 Å². The lowest BCUT2D eigenvalue weighted by atomic mass is 9.94. The molecule has 74 heavy (non-hydrogen) atoms. The SMILES string of the molecule is Cc1c(C)c(S(=O)(=O)NC(N)=NCCC[C@H](NC(=O)OCC2c3ccccc3-c3ccccc32)C(=O)N[C@H](C(=O)N[C@@H](COC(C)(C)C)C(=O)N[C@@H](Cc2ccccc2)C(=O)O)C(C)C)c(C)c2c1OC(C)(C)C2. The van der Waals surface area contributed by atoms with Gasteiger partial charge in [0, 0.05) is 30.9 Å². The molecule has 6 rings (SSSR count). The van der Waals surface area contributed by atoms with E-state index >= 15 is 0 Å². The van der Waals surface area contributed by atoms with Gasteiger partial charge < -0.3 is 46.3 Å². The molecule has 0 spiro atoms. The minimum atomic E-state index is -4.21. The summed E-state index contributed by atoms with van der Waals surface area (Å²) in [5, 5.41) is 20.6. The molecule has 8 N–H and O–H groups in total. The molecule has 2 aliphatic rings. The predicted octanol–water partition coefficient (Wildman–Crippen LogP) is 5.86. The summed E-state index contributed by atoms with van der Waals surface area (Å²) in [5.41, 5.74) is 12.2. The first kappa shape index (κ1) is 56.3. The molecule has 0 saturated carbocycles. The average molecular weight is 1040 g/mol. The maximum absolute atomic E-state index is 14.3. The first-order valence-electron chi connectivity index (χ1n) is 24.8. The van der Waals surface area contributed by atoms with Crippen molar-refractivity contribution in [3.8, 4) is 16.9 Å². The van der Waals surface area contributed by atoms with Crippen molar-refractivity contribution in [3.63, 3.8) is 0 Å². The van der Waals surface area contributed by atoms with Crippen LogP contribution in [-0.2, 0) is 51.5 Å². The monoisotopic (exact) mass is 1040 g/mol. The number of rotatable bonds is 21. The lowest BCUT2D eigenvalue weighted by Gasteiger charge is -2.29. The van der Waals surface area contributed by atoms with E-state index in [0.717, 1.165) is 27.8 Å². The molecule has 18 nitrogen and oxygen atoms in total. The highest BCUT2D eigenvalue weighted by Crippen LogP contribution is 2.45. The van der Waals surface area contributed by atoms with E-state index in [1.807, 2.05) is 69.3 Å². The second-order valence-electron chi connectivity index (χ2n) is 20.9. The Morgan fingerprint density at radius 1 is 0.797 bits per heavy atom. The van der Waals surface area contributed by atoms with Gasteiger partial charge in [-0.2, -0.15) is 0 Å². The van der Waals surface area contributed by atoms with Gasteiger partial charge in [-0.25, -0.2) is 22.7 Å². The molecule has 4 aromatic rings. The zero-order chi connectivity index (χ0) is 54.3. The molecule has 1 aliphatic carbocycles. The Kier molecular flexibility index (Phi) is 17.9. The molecule has 0 aromatic heterocycles. The van der Waals surface area contributed by atoms with Crippen molar-refractivity contribution in [2.45, 2.75) is 141 Å². The van der Waals surface area contributed by atoms with Gasteiger partial charge in [0.25, 0.3) is 10.0 Å². The Labute approximate surface area is 434 Å². The van der Waals surface area contributed by atoms with Crippen molar-refractivity contribution in [2.75, 3.05) is 19.8 Å². The van der Waals surface area contributed by atoms with Crippen LogP contribution < -0.4 is 36.5 Å². The molecule has 398 valence electrons. The number of nitrogens with two attached hydrogens (primary N) is 1. The van der Waals surface area contributed by atoms with Crippen molar-refractivity contribution in [2.24, 2.45) is 16.6 Å². The number of nitrogens with one attached hydrogen (secondary N) is 5. The zero-order valence-electron chi connectivity index (χ0n) is 43.9. The van der Waals surface area contributed by atoms with E-state index in [1.165, 1.54) is 0 Å². The minimum Gasteiger partial charge on any atom is -0.487 e. The maximum atomic E-state index is 14.3. The third-order valence-corrected chi connectivity index (χ3v) is 14.8. The molecule has 0 fully saturated rings. The zero-order valence-corrected chi connectivity index (χ0v) is 44.7. The predicted molar refractivity (Wildman–Crippen MR) is 281 cm³/mol. The number of carbonyl (C=O) groups is 5. The largest absolute Gasteiger partial charge is 0.487 e. The van der Waals surface area contributed by atoms with Crippen LogP contribution in [0.25, 0.3) is 11.1 Å². The third-order valence-electron chi connectivity index (χ3n) is 13.1. The Hall–Kier alpha value is -6.99. The summed E-state index contributed by atoms with van der Waals surface area (Å²) in [6, 6.07) is 19.1. The number of benzene rings is 4. The Morgan fingerprint density at radius 2 is 1.38 bits per heavy atom. The van der Waals surface area contributed by atoms with Crippen molar-refractivity contribution in [3.05, 3.63) is 118 Å². The lowest BCUT2D eigenvalue weighted by molar-refractivity contribution is -0.143. The fourth-order valence-corrected chi connectivity index (χ4v) is 10.8. The fourth-order valence-electron chi connectivity index (χ4n) is 9.30. The summed E-state index contributed by atoms with van der Waals surface area (Å²) < 4.78 is 48.0. The van der Waals surface area contributed by atoms with Crippen LogP contribution in [0.5, 0.6) is 5.75 Å². The topological polar surface area (TPSA) is 266 Å². The van der Waals surface area contributed by atoms with Gasteiger partial charge in [0.1, 0.15) is 42.1 Å². The first-order valence-corrected chi connectivity index (χ1v) is 26.3. The minimum absolute atomic E-state index is 0.0257. The number of aliphatic imine (C=N–C) groups is 1. The summed E-state index contributed by atoms with van der Waals surface area (Å²) in [5.74, 6) is -4.19. The van der Waals surface area contributed by atoms with E-state index < -0.39 is 81.1 Å². The molecule has 0 saturated heterocycles. The number of ether oxygens (including phenoxy) is 3. The van der Waals surface area contributed by atoms with Crippen LogP contribution in [0.2, 0.25) is 0 Å². The van der Waals surface area contributed by atoms with Crippen LogP contribution >= 0.6 is 0 Å². The molecular weight excluding hydrogens is 967 g/mol. The van der Waals surface area contributed by atoms with E-state index in [4.69, 9.17) is 19.9 Å². The second-order valence-corrected chi connectivity index (χ2v) is 22.5. The number of fused-ring (bicyclic) bond motifs is 4. The summed E-state index contributed by atoms with van der Waals surface area (Å²) in [4.78, 5) is 72.7. The fraction of sp³-hybridized carbons (Fsp3) is 0.455. The molecule has 0 bridgehead atoms. The number of nitrogens with zero attached hydrogens (tertiary/aromatic N) is 1. The third kappa shape index (κ3) is 14.0. The van der Waals surface area contributed by atoms with Gasteiger partial charge in [0.15, 0.2) is 0 Å². The molecule has 4 atom stereocenters. The van der Waals surface area contributed by atoms with Gasteiger partial charge in [0.05, 0.1) is 17.1 Å². The maximum Gasteiger partial charge on any atom is 0.407 e. The van der Waals surface area contributed by atoms with Crippen LogP contribution in [0.1, 0.15) is 106 Å². The van der Waals surface area contributed by atoms with Gasteiger partial charge in [-0.05, 0) is 119 Å². The molecular formula is C55H71N7O11S. The summed E-state index contributed by atoms with van der Waals surface area (Å²) >= 11 is 0. The summed E-state index contributed by atoms with van der Waals surface area (Å²) in [6.45, 7) is 17.3. The highest BCUT2D eigenvalue weighted by atomic mass is 32.2. The quantitative estimate of drug-likeness (QED) is 0.0294. The van der Waals surface area contributed by atoms with Gasteiger partial charge >= 0.3 is 12.1 Å². The number of aliphatic carboxylic acids is 1. The number of carboxylic acid groups (broad SMARTS) is 1. The van der Waals surface area contributed by atoms with Gasteiger partial charge in [-0.1, -0.05) is 92.7 Å². The number of hydrogen-bond acceptors (Lipinski definition) is 11. The van der Waals surface area contributed by atoms with Gasteiger partial charge in [-0.15, -0.1) is 0 Å². The molecule has 0 unspecified atom stereocenters. The van der Waals surface area contributed by atoms with Crippen molar-refractivity contribution in [1.29, 1.82) is 0 Å². The first-order chi connectivity index (χ1) is 34.8. The van der Waals surface area contributed by atoms with E-state index in [2.05, 4.69) is 31.0 Å². The molecule has 19 heteroatoms. The number of hydrogen-bond donors (Lipinski definition) is 7. The van der Waals surface area contributed by atoms with Crippen LogP contribution in [0, 0.1) is 26.7 Å². The van der Waals surface area contributed by atoms with Crippen LogP contribution in [-0.4, -0.2) is 104 Å². The van der Waals surface area contributed by atoms with Crippen molar-refractivity contribution in [1.82, 2.24) is 26.0 Å². The number of carbonyl (C=O) groups excluding carboxylic acids is 4. The Morgan fingerprint density at radius 3 is 1.97 bits per heavy atom. The molecule has 1 aliphatic heterocycles. The van der Waals surface area contributed by atoms with Crippen molar-refractivity contribution >= 4 is 45.8 Å². The van der Waals surface area contributed by atoms with E-state index in [-0.39, 0.29) is 55.8 Å². The Balaban J connectivity index is 1.18. The highest BCUT2D eigenvalue weighted by molar-refractivity contribution is 7.90. The van der Waals surface area contributed by atoms with Crippen LogP contribution in [0.15, 0.2) is 88.8 Å². The van der Waals surface area contributed by atoms with Crippen molar-refractivity contribution < 1.29 is 51.7 Å². The summed E-state index contributed by atoms with van der Waals surface area (Å²) in [6.07, 6.45) is -0.367. The normalized spacial score (nSPS) is 15.6. The standard InChI is InChI=1S/C55H71N7O11S/c1-31(2)45(50(65)59-44(30-72-54(6,7)8)49(64)58-43(51(66)67)27-35-19-12-11-13-20-35)61-48(63)42(60-53(68)71-29-41-38-23-16-14-21-36(38)37-22-15-17-24-39(37)41)25-18-26-57-52(56)62-74(69,70)47-33(4)32(3)46-40(34(47)5)28-55(9,10)73-46/h11-17,19-24,31,41-45H,18,25-30H2,1-10H3,(H,58,64)(H,59,65)(H,60,68)(H,61,63)(H,66,67)(H3,56,57,62)/t42-,43-,44-,45-/m0/s1. The average Bonchev–Trinajstić information content (AvgIpc) is 3.84. The second kappa shape index (κ2) is 23.5. The van der Waals surface area contributed by atoms with Gasteiger partial charge in [-0.3, -0.25) is 19.4 Å². The highest BCUT2D eigenvalue weighted by Gasteiger charge is 2.38. The number of guanidine groups is 1. The van der Waals surface area contributed by atoms with E-state index in [1.54, 1.807) is 78.8 Å². The number of amides is 4. The smallest absolute Gasteiger partial charge is 0.407 e.